The molecule has 1 fully saturated rings. The van der Waals surface area contributed by atoms with Gasteiger partial charge in [0.05, 0.1) is 5.52 Å². The average Bonchev–Trinajstić information content (AvgIpc) is 3.14. The van der Waals surface area contributed by atoms with Crippen molar-refractivity contribution < 1.29 is 4.79 Å². The van der Waals surface area contributed by atoms with Gasteiger partial charge in [0, 0.05) is 23.2 Å². The molecule has 1 aromatic heterocycles. The number of nitrogens with zero attached hydrogens (tertiary/aromatic N) is 2. The lowest BCUT2D eigenvalue weighted by atomic mass is 10.1. The van der Waals surface area contributed by atoms with Gasteiger partial charge in [-0.3, -0.25) is 4.68 Å². The van der Waals surface area contributed by atoms with Crippen LogP contribution in [0.5, 0.6) is 0 Å². The van der Waals surface area contributed by atoms with Crippen molar-refractivity contribution in [3.63, 3.8) is 0 Å². The molecule has 3 rings (SSSR count). The Labute approximate surface area is 135 Å². The van der Waals surface area contributed by atoms with Crippen LogP contribution in [-0.2, 0) is 6.54 Å². The molecular formula is C16H21ClN4O. The molecule has 0 spiro atoms. The van der Waals surface area contributed by atoms with Crippen LogP contribution >= 0.6 is 11.6 Å². The Kier molecular flexibility index (Phi) is 3.77. The monoisotopic (exact) mass is 320 g/mol. The molecule has 2 aromatic rings. The van der Waals surface area contributed by atoms with Crippen molar-refractivity contribution in [2.24, 2.45) is 5.92 Å². The number of nitrogens with one attached hydrogen (secondary N) is 2. The molecular weight excluding hydrogens is 300 g/mol. The molecule has 0 saturated heterocycles. The first-order valence-corrected chi connectivity index (χ1v) is 7.95. The molecule has 1 aromatic carbocycles. The highest BCUT2D eigenvalue weighted by Crippen LogP contribution is 2.33. The van der Waals surface area contributed by atoms with Gasteiger partial charge in [-0.25, -0.2) is 4.79 Å². The SMILES string of the molecule is CC(C)(C)NC(=O)Nc1ccc2c(c1)c(Cl)nn2CC1CC1. The molecule has 2 N–H and O–H groups in total. The second-order valence-electron chi connectivity index (χ2n) is 6.98. The number of halogens is 1. The number of urea groups is 1. The fraction of sp³-hybridized carbons (Fsp3) is 0.500. The highest BCUT2D eigenvalue weighted by Gasteiger charge is 2.23. The number of rotatable bonds is 3. The van der Waals surface area contributed by atoms with Crippen molar-refractivity contribution in [3.8, 4) is 0 Å². The zero-order chi connectivity index (χ0) is 15.9. The van der Waals surface area contributed by atoms with Gasteiger partial charge in [-0.15, -0.1) is 0 Å². The van der Waals surface area contributed by atoms with Gasteiger partial charge in [-0.05, 0) is 57.7 Å². The van der Waals surface area contributed by atoms with Crippen LogP contribution in [0.25, 0.3) is 10.9 Å². The minimum Gasteiger partial charge on any atom is -0.333 e. The number of aromatic nitrogens is 2. The van der Waals surface area contributed by atoms with Crippen molar-refractivity contribution in [1.82, 2.24) is 15.1 Å². The standard InChI is InChI=1S/C16H21ClN4O/c1-16(2,3)19-15(22)18-11-6-7-13-12(8-11)14(17)20-21(13)9-10-4-5-10/h6-8,10H,4-5,9H2,1-3H3,(H2,18,19,22). The first-order valence-electron chi connectivity index (χ1n) is 7.57. The lowest BCUT2D eigenvalue weighted by molar-refractivity contribution is 0.244. The van der Waals surface area contributed by atoms with Crippen LogP contribution in [0.1, 0.15) is 33.6 Å². The minimum atomic E-state index is -0.277. The van der Waals surface area contributed by atoms with Gasteiger partial charge in [-0.1, -0.05) is 11.6 Å². The van der Waals surface area contributed by atoms with Crippen LogP contribution in [0.2, 0.25) is 5.15 Å². The highest BCUT2D eigenvalue weighted by molar-refractivity contribution is 6.34. The summed E-state index contributed by atoms with van der Waals surface area (Å²) < 4.78 is 1.97. The second kappa shape index (κ2) is 5.47. The summed E-state index contributed by atoms with van der Waals surface area (Å²) >= 11 is 6.24. The summed E-state index contributed by atoms with van der Waals surface area (Å²) in [5.74, 6) is 0.731. The lowest BCUT2D eigenvalue weighted by Gasteiger charge is -2.20. The molecule has 0 bridgehead atoms. The molecule has 0 atom stereocenters. The number of benzene rings is 1. The molecule has 0 aliphatic heterocycles. The number of anilines is 1. The summed E-state index contributed by atoms with van der Waals surface area (Å²) in [6.45, 7) is 6.73. The number of hydrogen-bond donors (Lipinski definition) is 2. The van der Waals surface area contributed by atoms with E-state index in [9.17, 15) is 4.79 Å². The van der Waals surface area contributed by atoms with Crippen LogP contribution in [0.4, 0.5) is 10.5 Å². The highest BCUT2D eigenvalue weighted by atomic mass is 35.5. The molecule has 22 heavy (non-hydrogen) atoms. The van der Waals surface area contributed by atoms with Crippen LogP contribution < -0.4 is 10.6 Å². The van der Waals surface area contributed by atoms with Crippen molar-refractivity contribution in [2.45, 2.75) is 45.7 Å². The molecule has 5 nitrogen and oxygen atoms in total. The first-order chi connectivity index (χ1) is 10.3. The van der Waals surface area contributed by atoms with Gasteiger partial charge in [0.1, 0.15) is 0 Å². The molecule has 118 valence electrons. The van der Waals surface area contributed by atoms with Crippen molar-refractivity contribution >= 4 is 34.2 Å². The predicted octanol–water partition coefficient (Wildman–Crippen LogP) is 4.02. The molecule has 6 heteroatoms. The summed E-state index contributed by atoms with van der Waals surface area (Å²) in [5, 5.41) is 11.5. The van der Waals surface area contributed by atoms with Gasteiger partial charge in [0.25, 0.3) is 0 Å². The fourth-order valence-electron chi connectivity index (χ4n) is 2.40. The molecule has 0 unspecified atom stereocenters. The van der Waals surface area contributed by atoms with Crippen molar-refractivity contribution in [2.75, 3.05) is 5.32 Å². The van der Waals surface area contributed by atoms with E-state index < -0.39 is 0 Å². The van der Waals surface area contributed by atoms with Gasteiger partial charge >= 0.3 is 6.03 Å². The van der Waals surface area contributed by atoms with E-state index in [1.165, 1.54) is 12.8 Å². The van der Waals surface area contributed by atoms with Gasteiger partial charge < -0.3 is 10.6 Å². The normalized spacial score (nSPS) is 15.1. The Bertz CT molecular complexity index is 713. The van der Waals surface area contributed by atoms with Crippen molar-refractivity contribution in [3.05, 3.63) is 23.4 Å². The summed E-state index contributed by atoms with van der Waals surface area (Å²) in [6, 6.07) is 5.49. The van der Waals surface area contributed by atoms with Crippen LogP contribution in [-0.4, -0.2) is 21.4 Å². The summed E-state index contributed by atoms with van der Waals surface area (Å²) in [5.41, 5.74) is 1.45. The molecule has 1 saturated carbocycles. The zero-order valence-corrected chi connectivity index (χ0v) is 13.9. The van der Waals surface area contributed by atoms with E-state index in [0.29, 0.717) is 10.8 Å². The molecule has 2 amide bonds. The third-order valence-electron chi connectivity index (χ3n) is 3.58. The molecule has 1 heterocycles. The number of carbonyl (C=O) groups is 1. The summed E-state index contributed by atoms with van der Waals surface area (Å²) in [4.78, 5) is 11.9. The maximum atomic E-state index is 11.9. The summed E-state index contributed by atoms with van der Waals surface area (Å²) in [7, 11) is 0. The topological polar surface area (TPSA) is 59.0 Å². The molecule has 1 aliphatic carbocycles. The maximum absolute atomic E-state index is 11.9. The van der Waals surface area contributed by atoms with Crippen LogP contribution in [0, 0.1) is 5.92 Å². The first kappa shape index (κ1) is 15.2. The molecule has 0 radical (unpaired) electrons. The molecule has 1 aliphatic rings. The number of hydrogen-bond acceptors (Lipinski definition) is 2. The maximum Gasteiger partial charge on any atom is 0.319 e. The van der Waals surface area contributed by atoms with Crippen LogP contribution in [0.3, 0.4) is 0 Å². The van der Waals surface area contributed by atoms with E-state index in [4.69, 9.17) is 11.6 Å². The number of amides is 2. The van der Waals surface area contributed by atoms with E-state index in [0.717, 1.165) is 23.4 Å². The largest absolute Gasteiger partial charge is 0.333 e. The second-order valence-corrected chi connectivity index (χ2v) is 7.34. The van der Waals surface area contributed by atoms with E-state index in [-0.39, 0.29) is 11.6 Å². The Hall–Kier alpha value is -1.75. The zero-order valence-electron chi connectivity index (χ0n) is 13.1. The Morgan fingerprint density at radius 1 is 1.41 bits per heavy atom. The third-order valence-corrected chi connectivity index (χ3v) is 3.86. The minimum absolute atomic E-state index is 0.228. The smallest absolute Gasteiger partial charge is 0.319 e. The third kappa shape index (κ3) is 3.53. The quantitative estimate of drug-likeness (QED) is 0.897. The summed E-state index contributed by atoms with van der Waals surface area (Å²) in [6.07, 6.45) is 2.54. The average molecular weight is 321 g/mol. The van der Waals surface area contributed by atoms with E-state index >= 15 is 0 Å². The Morgan fingerprint density at radius 3 is 2.77 bits per heavy atom. The van der Waals surface area contributed by atoms with Crippen molar-refractivity contribution in [1.29, 1.82) is 0 Å². The number of fused-ring (bicyclic) bond motifs is 1. The van der Waals surface area contributed by atoms with Crippen LogP contribution in [0.15, 0.2) is 18.2 Å². The fourth-order valence-corrected chi connectivity index (χ4v) is 2.65. The Balaban J connectivity index is 1.80. The van der Waals surface area contributed by atoms with E-state index in [1.807, 2.05) is 43.7 Å². The Morgan fingerprint density at radius 2 is 2.14 bits per heavy atom. The van der Waals surface area contributed by atoms with Gasteiger partial charge in [0.15, 0.2) is 5.15 Å². The van der Waals surface area contributed by atoms with E-state index in [1.54, 1.807) is 0 Å². The predicted molar refractivity (Wildman–Crippen MR) is 89.4 cm³/mol. The van der Waals surface area contributed by atoms with Gasteiger partial charge in [0.2, 0.25) is 0 Å². The lowest BCUT2D eigenvalue weighted by Crippen LogP contribution is -2.43. The van der Waals surface area contributed by atoms with Gasteiger partial charge in [-0.2, -0.15) is 5.10 Å². The van der Waals surface area contributed by atoms with E-state index in [2.05, 4.69) is 15.7 Å². The number of carbonyl (C=O) groups excluding carboxylic acids is 1.